The lowest BCUT2D eigenvalue weighted by Crippen LogP contribution is -2.37. The summed E-state index contributed by atoms with van der Waals surface area (Å²) in [5, 5.41) is 0. The highest BCUT2D eigenvalue weighted by atomic mass is 79.9. The van der Waals surface area contributed by atoms with Crippen LogP contribution in [-0.2, 0) is 14.3 Å². The molecule has 0 aromatic heterocycles. The van der Waals surface area contributed by atoms with Gasteiger partial charge in [0.25, 0.3) is 0 Å². The van der Waals surface area contributed by atoms with Gasteiger partial charge in [-0.3, -0.25) is 9.69 Å². The van der Waals surface area contributed by atoms with E-state index in [1.807, 2.05) is 48.5 Å². The van der Waals surface area contributed by atoms with Crippen molar-refractivity contribution in [3.8, 4) is 5.75 Å². The van der Waals surface area contributed by atoms with E-state index in [0.717, 1.165) is 10.0 Å². The zero-order valence-electron chi connectivity index (χ0n) is 14.1. The monoisotopic (exact) mass is 413 g/mol. The highest BCUT2D eigenvalue weighted by Crippen LogP contribution is 2.44. The minimum atomic E-state index is -0.372. The molecule has 6 heteroatoms. The molecule has 2 aromatic carbocycles. The van der Waals surface area contributed by atoms with Crippen LogP contribution in [0.2, 0.25) is 0 Å². The van der Waals surface area contributed by atoms with Gasteiger partial charge < -0.3 is 9.47 Å². The van der Waals surface area contributed by atoms with E-state index in [0.29, 0.717) is 22.7 Å². The first-order valence-electron chi connectivity index (χ1n) is 8.21. The van der Waals surface area contributed by atoms with Gasteiger partial charge in [-0.2, -0.15) is 0 Å². The fourth-order valence-electron chi connectivity index (χ4n) is 3.59. The molecule has 2 aliphatic rings. The van der Waals surface area contributed by atoms with Crippen molar-refractivity contribution in [1.29, 1.82) is 0 Å². The van der Waals surface area contributed by atoms with Gasteiger partial charge in [0.1, 0.15) is 12.4 Å². The van der Waals surface area contributed by atoms with Gasteiger partial charge in [-0.1, -0.05) is 40.2 Å². The Balaban J connectivity index is 1.86. The molecule has 0 radical (unpaired) electrons. The third kappa shape index (κ3) is 2.70. The average molecular weight is 414 g/mol. The first kappa shape index (κ1) is 16.8. The number of hydrogen-bond acceptors (Lipinski definition) is 4. The predicted octanol–water partition coefficient (Wildman–Crippen LogP) is 3.79. The molecule has 26 heavy (non-hydrogen) atoms. The molecule has 1 atom stereocenters. The van der Waals surface area contributed by atoms with Gasteiger partial charge in [-0.05, 0) is 24.3 Å². The van der Waals surface area contributed by atoms with Gasteiger partial charge in [-0.25, -0.2) is 4.79 Å². The second-order valence-electron chi connectivity index (χ2n) is 6.14. The van der Waals surface area contributed by atoms with Crippen LogP contribution < -0.4 is 9.64 Å². The fourth-order valence-corrected chi connectivity index (χ4v) is 3.98. The minimum absolute atomic E-state index is 0.0731. The lowest BCUT2D eigenvalue weighted by Gasteiger charge is -2.32. The maximum absolute atomic E-state index is 13.0. The molecule has 0 saturated heterocycles. The molecule has 0 saturated carbocycles. The standard InChI is InChI=1S/C20H16BrNO4/c1-25-17-8-3-2-7-14(17)15-10-18(23)22(13-6-4-5-12(21)9-13)16-11-26-20(24)19(15)16/h2-9,15H,10-11H2,1H3/t15-/m0/s1. The van der Waals surface area contributed by atoms with Crippen molar-refractivity contribution >= 4 is 33.5 Å². The van der Waals surface area contributed by atoms with Gasteiger partial charge in [-0.15, -0.1) is 0 Å². The van der Waals surface area contributed by atoms with Crippen molar-refractivity contribution in [1.82, 2.24) is 0 Å². The summed E-state index contributed by atoms with van der Waals surface area (Å²) in [4.78, 5) is 27.1. The van der Waals surface area contributed by atoms with Crippen LogP contribution in [0.15, 0.2) is 64.3 Å². The van der Waals surface area contributed by atoms with Crippen LogP contribution in [0.1, 0.15) is 17.9 Å². The van der Waals surface area contributed by atoms with Gasteiger partial charge >= 0.3 is 5.97 Å². The van der Waals surface area contributed by atoms with Crippen LogP contribution in [0.5, 0.6) is 5.75 Å². The fraction of sp³-hybridized carbons (Fsp3) is 0.200. The summed E-state index contributed by atoms with van der Waals surface area (Å²) in [7, 11) is 1.58. The third-order valence-corrected chi connectivity index (χ3v) is 5.19. The van der Waals surface area contributed by atoms with Crippen LogP contribution in [-0.4, -0.2) is 25.6 Å². The number of para-hydroxylation sites is 1. The van der Waals surface area contributed by atoms with E-state index in [1.165, 1.54) is 0 Å². The molecule has 0 fully saturated rings. The SMILES string of the molecule is COc1ccccc1[C@@H]1CC(=O)N(c2cccc(Br)c2)C2=C1C(=O)OC2. The smallest absolute Gasteiger partial charge is 0.336 e. The number of carbonyl (C=O) groups excluding carboxylic acids is 2. The summed E-state index contributed by atoms with van der Waals surface area (Å²) < 4.78 is 11.6. The predicted molar refractivity (Wildman–Crippen MR) is 100.0 cm³/mol. The van der Waals surface area contributed by atoms with Crippen molar-refractivity contribution in [3.05, 3.63) is 69.8 Å². The molecule has 0 aliphatic carbocycles. The Morgan fingerprint density at radius 2 is 1.96 bits per heavy atom. The molecule has 1 amide bonds. The molecular weight excluding hydrogens is 398 g/mol. The van der Waals surface area contributed by atoms with E-state index in [9.17, 15) is 9.59 Å². The van der Waals surface area contributed by atoms with Gasteiger partial charge in [0.15, 0.2) is 0 Å². The lowest BCUT2D eigenvalue weighted by molar-refractivity contribution is -0.136. The number of benzene rings is 2. The molecule has 0 unspecified atom stereocenters. The third-order valence-electron chi connectivity index (χ3n) is 4.70. The summed E-state index contributed by atoms with van der Waals surface area (Å²) in [6, 6.07) is 14.9. The summed E-state index contributed by atoms with van der Waals surface area (Å²) in [5.74, 6) is -0.153. The Labute approximate surface area is 159 Å². The quantitative estimate of drug-likeness (QED) is 0.718. The number of esters is 1. The number of cyclic esters (lactones) is 1. The number of rotatable bonds is 3. The summed E-state index contributed by atoms with van der Waals surface area (Å²) >= 11 is 3.43. The maximum Gasteiger partial charge on any atom is 0.336 e. The van der Waals surface area contributed by atoms with E-state index in [-0.39, 0.29) is 30.8 Å². The van der Waals surface area contributed by atoms with Gasteiger partial charge in [0.2, 0.25) is 5.91 Å². The molecule has 0 bridgehead atoms. The topological polar surface area (TPSA) is 55.8 Å². The number of carbonyl (C=O) groups is 2. The summed E-state index contributed by atoms with van der Waals surface area (Å²) in [6.07, 6.45) is 0.181. The normalized spacial score (nSPS) is 19.5. The van der Waals surface area contributed by atoms with Crippen LogP contribution in [0.25, 0.3) is 0 Å². The minimum Gasteiger partial charge on any atom is -0.496 e. The first-order valence-corrected chi connectivity index (χ1v) is 9.01. The highest BCUT2D eigenvalue weighted by molar-refractivity contribution is 9.10. The second kappa shape index (κ2) is 6.61. The molecule has 2 aliphatic heterocycles. The molecule has 0 N–H and O–H groups in total. The van der Waals surface area contributed by atoms with Crippen LogP contribution >= 0.6 is 15.9 Å². The number of nitrogens with zero attached hydrogens (tertiary/aromatic N) is 1. The van der Waals surface area contributed by atoms with Crippen molar-refractivity contribution in [2.75, 3.05) is 18.6 Å². The molecular formula is C20H16BrNO4. The Hall–Kier alpha value is -2.60. The van der Waals surface area contributed by atoms with Gasteiger partial charge in [0.05, 0.1) is 18.4 Å². The van der Waals surface area contributed by atoms with Gasteiger partial charge in [0, 0.05) is 28.1 Å². The van der Waals surface area contributed by atoms with E-state index >= 15 is 0 Å². The van der Waals surface area contributed by atoms with Crippen molar-refractivity contribution in [2.24, 2.45) is 0 Å². The van der Waals surface area contributed by atoms with Crippen LogP contribution in [0.4, 0.5) is 5.69 Å². The van der Waals surface area contributed by atoms with Crippen molar-refractivity contribution in [2.45, 2.75) is 12.3 Å². The Bertz CT molecular complexity index is 937. The number of halogens is 1. The molecule has 2 heterocycles. The van der Waals surface area contributed by atoms with Crippen molar-refractivity contribution in [3.63, 3.8) is 0 Å². The largest absolute Gasteiger partial charge is 0.496 e. The van der Waals surface area contributed by atoms with Crippen LogP contribution in [0, 0.1) is 0 Å². The molecule has 4 rings (SSSR count). The number of hydrogen-bond donors (Lipinski definition) is 0. The molecule has 2 aromatic rings. The zero-order chi connectivity index (χ0) is 18.3. The van der Waals surface area contributed by atoms with E-state index in [2.05, 4.69) is 15.9 Å². The number of methoxy groups -OCH3 is 1. The van der Waals surface area contributed by atoms with Crippen molar-refractivity contribution < 1.29 is 19.1 Å². The highest BCUT2D eigenvalue weighted by Gasteiger charge is 2.43. The zero-order valence-corrected chi connectivity index (χ0v) is 15.7. The molecule has 0 spiro atoms. The number of ether oxygens (including phenoxy) is 2. The molecule has 5 nitrogen and oxygen atoms in total. The lowest BCUT2D eigenvalue weighted by atomic mass is 9.83. The maximum atomic E-state index is 13.0. The second-order valence-corrected chi connectivity index (χ2v) is 7.06. The Kier molecular flexibility index (Phi) is 4.28. The Morgan fingerprint density at radius 1 is 1.15 bits per heavy atom. The van der Waals surface area contributed by atoms with E-state index < -0.39 is 0 Å². The van der Waals surface area contributed by atoms with E-state index in [1.54, 1.807) is 12.0 Å². The summed E-state index contributed by atoms with van der Waals surface area (Å²) in [6.45, 7) is 0.0953. The number of amides is 1. The Morgan fingerprint density at radius 3 is 2.73 bits per heavy atom. The first-order chi connectivity index (χ1) is 12.6. The number of anilines is 1. The van der Waals surface area contributed by atoms with E-state index in [4.69, 9.17) is 9.47 Å². The molecule has 132 valence electrons. The summed E-state index contributed by atoms with van der Waals surface area (Å²) in [5.41, 5.74) is 2.69. The van der Waals surface area contributed by atoms with Crippen LogP contribution in [0.3, 0.4) is 0 Å². The average Bonchev–Trinajstić information content (AvgIpc) is 3.02.